The van der Waals surface area contributed by atoms with E-state index in [9.17, 15) is 0 Å². The zero-order valence-electron chi connectivity index (χ0n) is 19.8. The molecule has 0 bridgehead atoms. The Morgan fingerprint density at radius 2 is 1.89 bits per heavy atom. The number of rotatable bonds is 7. The molecule has 0 unspecified atom stereocenters. The molecule has 5 rings (SSSR count). The highest BCUT2D eigenvalue weighted by molar-refractivity contribution is 5.85. The molecule has 0 aliphatic carbocycles. The molecule has 9 heteroatoms. The second-order valence-electron chi connectivity index (χ2n) is 8.24. The molecule has 1 N–H and O–H groups in total. The lowest BCUT2D eigenvalue weighted by molar-refractivity contribution is 0.122. The van der Waals surface area contributed by atoms with Gasteiger partial charge in [-0.05, 0) is 48.9 Å². The van der Waals surface area contributed by atoms with E-state index in [4.69, 9.17) is 9.47 Å². The molecule has 1 fully saturated rings. The van der Waals surface area contributed by atoms with Gasteiger partial charge in [0.2, 0.25) is 0 Å². The van der Waals surface area contributed by atoms with E-state index in [1.165, 1.54) is 11.3 Å². The lowest BCUT2D eigenvalue weighted by atomic mass is 10.1. The number of nitrogens with zero attached hydrogens (tertiary/aromatic N) is 5. The number of hydrogen-bond acceptors (Lipinski definition) is 7. The van der Waals surface area contributed by atoms with Crippen molar-refractivity contribution in [1.29, 1.82) is 0 Å². The molecule has 0 atom stereocenters. The third-order valence-electron chi connectivity index (χ3n) is 5.89. The molecule has 1 aliphatic rings. The molecule has 2 aromatic heterocycles. The highest BCUT2D eigenvalue weighted by atomic mass is 35.5. The van der Waals surface area contributed by atoms with E-state index in [0.29, 0.717) is 6.54 Å². The average Bonchev–Trinajstić information content (AvgIpc) is 3.34. The van der Waals surface area contributed by atoms with Crippen LogP contribution in [0.5, 0.6) is 5.75 Å². The van der Waals surface area contributed by atoms with Gasteiger partial charge in [-0.2, -0.15) is 0 Å². The highest BCUT2D eigenvalue weighted by Crippen LogP contribution is 2.29. The van der Waals surface area contributed by atoms with Crippen molar-refractivity contribution in [3.05, 3.63) is 78.4 Å². The summed E-state index contributed by atoms with van der Waals surface area (Å²) < 4.78 is 13.0. The van der Waals surface area contributed by atoms with E-state index in [1.807, 2.05) is 48.0 Å². The zero-order valence-corrected chi connectivity index (χ0v) is 20.7. The van der Waals surface area contributed by atoms with Crippen LogP contribution >= 0.6 is 12.4 Å². The summed E-state index contributed by atoms with van der Waals surface area (Å²) in [5.74, 6) is 1.48. The van der Waals surface area contributed by atoms with Crippen molar-refractivity contribution in [2.24, 2.45) is 0 Å². The summed E-state index contributed by atoms with van der Waals surface area (Å²) in [4.78, 5) is 6.65. The van der Waals surface area contributed by atoms with Crippen LogP contribution in [0.25, 0.3) is 16.9 Å². The Hall–Kier alpha value is -3.62. The number of halogens is 1. The first-order valence-corrected chi connectivity index (χ1v) is 11.4. The molecule has 1 aliphatic heterocycles. The van der Waals surface area contributed by atoms with Crippen molar-refractivity contribution in [3.8, 4) is 22.7 Å². The summed E-state index contributed by atoms with van der Waals surface area (Å²) in [5.41, 5.74) is 6.03. The van der Waals surface area contributed by atoms with Crippen molar-refractivity contribution in [1.82, 2.24) is 19.7 Å². The average molecular weight is 493 g/mol. The number of benzene rings is 2. The summed E-state index contributed by atoms with van der Waals surface area (Å²) in [6.45, 7) is 6.06. The zero-order chi connectivity index (χ0) is 23.3. The van der Waals surface area contributed by atoms with Crippen LogP contribution in [0.1, 0.15) is 11.3 Å². The van der Waals surface area contributed by atoms with E-state index in [0.717, 1.165) is 60.5 Å². The van der Waals surface area contributed by atoms with Crippen LogP contribution in [-0.4, -0.2) is 53.2 Å². The summed E-state index contributed by atoms with van der Waals surface area (Å²) >= 11 is 0. The van der Waals surface area contributed by atoms with Gasteiger partial charge >= 0.3 is 0 Å². The molecule has 4 aromatic rings. The number of methoxy groups -OCH3 is 1. The number of anilines is 2. The first-order chi connectivity index (χ1) is 16.7. The summed E-state index contributed by atoms with van der Waals surface area (Å²) in [6, 6.07) is 18.5. The standard InChI is InChI=1S/C26H28N6O2.ClH/c1-19-17-32(18-28-19)24-8-6-21(15-25(24)33-2)23-7-9-26(30-29-23)27-16-20-4-3-5-22(14-20)31-10-12-34-13-11-31;/h3-9,14-15,17-18H,10-13,16H2,1-2H3,(H,27,30);1H. The summed E-state index contributed by atoms with van der Waals surface area (Å²) in [7, 11) is 1.67. The van der Waals surface area contributed by atoms with Crippen LogP contribution in [0.4, 0.5) is 11.5 Å². The number of ether oxygens (including phenoxy) is 2. The summed E-state index contributed by atoms with van der Waals surface area (Å²) in [6.07, 6.45) is 3.75. The minimum absolute atomic E-state index is 0. The number of aryl methyl sites for hydroxylation is 1. The smallest absolute Gasteiger partial charge is 0.148 e. The molecule has 182 valence electrons. The lowest BCUT2D eigenvalue weighted by Gasteiger charge is -2.29. The van der Waals surface area contributed by atoms with Crippen molar-refractivity contribution < 1.29 is 9.47 Å². The second-order valence-corrected chi connectivity index (χ2v) is 8.24. The van der Waals surface area contributed by atoms with E-state index in [2.05, 4.69) is 49.7 Å². The topological polar surface area (TPSA) is 77.3 Å². The first-order valence-electron chi connectivity index (χ1n) is 11.4. The maximum Gasteiger partial charge on any atom is 0.148 e. The fourth-order valence-electron chi connectivity index (χ4n) is 4.06. The molecule has 0 amide bonds. The minimum Gasteiger partial charge on any atom is -0.495 e. The Kier molecular flexibility index (Phi) is 7.84. The van der Waals surface area contributed by atoms with E-state index in [-0.39, 0.29) is 12.4 Å². The number of hydrogen-bond donors (Lipinski definition) is 1. The predicted octanol–water partition coefficient (Wildman–Crippen LogP) is 4.52. The molecule has 1 saturated heterocycles. The van der Waals surface area contributed by atoms with Gasteiger partial charge in [0.05, 0.1) is 43.7 Å². The van der Waals surface area contributed by atoms with Gasteiger partial charge in [-0.3, -0.25) is 0 Å². The molecule has 8 nitrogen and oxygen atoms in total. The van der Waals surface area contributed by atoms with Crippen molar-refractivity contribution in [3.63, 3.8) is 0 Å². The fraction of sp³-hybridized carbons (Fsp3) is 0.269. The van der Waals surface area contributed by atoms with Crippen LogP contribution in [0.15, 0.2) is 67.1 Å². The SMILES string of the molecule is COc1cc(-c2ccc(NCc3cccc(N4CCOCC4)c3)nn2)ccc1-n1cnc(C)c1.Cl. The molecular formula is C26H29ClN6O2. The number of imidazole rings is 1. The molecular weight excluding hydrogens is 464 g/mol. The van der Waals surface area contributed by atoms with Crippen LogP contribution in [0.2, 0.25) is 0 Å². The normalized spacial score (nSPS) is 13.3. The Labute approximate surface area is 211 Å². The molecule has 0 spiro atoms. The summed E-state index contributed by atoms with van der Waals surface area (Å²) in [5, 5.41) is 12.2. The second kappa shape index (κ2) is 11.2. The first kappa shape index (κ1) is 24.5. The molecule has 0 radical (unpaired) electrons. The maximum atomic E-state index is 5.62. The van der Waals surface area contributed by atoms with E-state index in [1.54, 1.807) is 13.4 Å². The molecule has 0 saturated carbocycles. The maximum absolute atomic E-state index is 5.62. The third-order valence-corrected chi connectivity index (χ3v) is 5.89. The lowest BCUT2D eigenvalue weighted by Crippen LogP contribution is -2.36. The molecule has 3 heterocycles. The monoisotopic (exact) mass is 492 g/mol. The van der Waals surface area contributed by atoms with Crippen LogP contribution < -0.4 is 15.0 Å². The van der Waals surface area contributed by atoms with E-state index < -0.39 is 0 Å². The largest absolute Gasteiger partial charge is 0.495 e. The number of nitrogens with one attached hydrogen (secondary N) is 1. The highest BCUT2D eigenvalue weighted by Gasteiger charge is 2.12. The fourth-order valence-corrected chi connectivity index (χ4v) is 4.06. The quantitative estimate of drug-likeness (QED) is 0.406. The Balaban J connectivity index is 0.00000289. The Morgan fingerprint density at radius 3 is 2.60 bits per heavy atom. The van der Waals surface area contributed by atoms with Gasteiger partial charge in [-0.25, -0.2) is 4.98 Å². The van der Waals surface area contributed by atoms with Gasteiger partial charge in [0.1, 0.15) is 11.6 Å². The van der Waals surface area contributed by atoms with Gasteiger partial charge in [0.25, 0.3) is 0 Å². The Bertz CT molecular complexity index is 1250. The van der Waals surface area contributed by atoms with Crippen molar-refractivity contribution >= 4 is 23.9 Å². The predicted molar refractivity (Wildman–Crippen MR) is 140 cm³/mol. The number of morpholine rings is 1. The van der Waals surface area contributed by atoms with Crippen molar-refractivity contribution in [2.75, 3.05) is 43.6 Å². The minimum atomic E-state index is 0. The van der Waals surface area contributed by atoms with Gasteiger partial charge < -0.3 is 24.3 Å². The van der Waals surface area contributed by atoms with Gasteiger partial charge in [0.15, 0.2) is 0 Å². The number of aromatic nitrogens is 4. The Morgan fingerprint density at radius 1 is 1.03 bits per heavy atom. The van der Waals surface area contributed by atoms with Gasteiger partial charge in [-0.15, -0.1) is 22.6 Å². The van der Waals surface area contributed by atoms with Gasteiger partial charge in [0, 0.05) is 37.1 Å². The van der Waals surface area contributed by atoms with Crippen LogP contribution in [0, 0.1) is 6.92 Å². The van der Waals surface area contributed by atoms with Crippen LogP contribution in [0.3, 0.4) is 0 Å². The molecule has 2 aromatic carbocycles. The molecule has 35 heavy (non-hydrogen) atoms. The van der Waals surface area contributed by atoms with Gasteiger partial charge in [-0.1, -0.05) is 18.2 Å². The third kappa shape index (κ3) is 5.72. The van der Waals surface area contributed by atoms with E-state index >= 15 is 0 Å². The van der Waals surface area contributed by atoms with Crippen molar-refractivity contribution in [2.45, 2.75) is 13.5 Å². The van der Waals surface area contributed by atoms with Crippen LogP contribution in [-0.2, 0) is 11.3 Å².